The average molecular weight is 394 g/mol. The van der Waals surface area contributed by atoms with Crippen molar-refractivity contribution in [3.63, 3.8) is 0 Å². The molecule has 7 nitrogen and oxygen atoms in total. The Morgan fingerprint density at radius 2 is 1.83 bits per heavy atom. The largest absolute Gasteiger partial charge is 0.492 e. The monoisotopic (exact) mass is 394 g/mol. The van der Waals surface area contributed by atoms with Gasteiger partial charge in [-0.05, 0) is 44.2 Å². The number of para-hydroxylation sites is 2. The van der Waals surface area contributed by atoms with Gasteiger partial charge in [-0.25, -0.2) is 9.59 Å². The van der Waals surface area contributed by atoms with Crippen LogP contribution in [0.5, 0.6) is 5.75 Å². The summed E-state index contributed by atoms with van der Waals surface area (Å²) in [5.41, 5.74) is 2.38. The fourth-order valence-corrected chi connectivity index (χ4v) is 2.92. The zero-order valence-corrected chi connectivity index (χ0v) is 16.5. The number of anilines is 2. The molecule has 0 bridgehead atoms. The second kappa shape index (κ2) is 9.05. The van der Waals surface area contributed by atoms with Crippen molar-refractivity contribution in [2.45, 2.75) is 13.8 Å². The topological polar surface area (TPSA) is 86.8 Å². The van der Waals surface area contributed by atoms with Gasteiger partial charge < -0.3 is 19.5 Å². The number of aromatic nitrogens is 1. The normalized spacial score (nSPS) is 10.4. The fraction of sp³-hybridized carbons (Fsp3) is 0.227. The second-order valence-electron chi connectivity index (χ2n) is 6.05. The number of fused-ring (bicyclic) bond motifs is 1. The molecule has 1 N–H and O–H groups in total. The van der Waals surface area contributed by atoms with Crippen molar-refractivity contribution in [3.05, 3.63) is 59.8 Å². The summed E-state index contributed by atoms with van der Waals surface area (Å²) in [6, 6.07) is 12.4. The third-order valence-electron chi connectivity index (χ3n) is 4.23. The Labute approximate surface area is 168 Å². The molecule has 0 saturated carbocycles. The van der Waals surface area contributed by atoms with E-state index in [1.54, 1.807) is 25.1 Å². The van der Waals surface area contributed by atoms with E-state index in [1.807, 2.05) is 31.2 Å². The highest BCUT2D eigenvalue weighted by Crippen LogP contribution is 2.34. The number of carbonyl (C=O) groups excluding carboxylic acids is 2. The molecule has 29 heavy (non-hydrogen) atoms. The van der Waals surface area contributed by atoms with Crippen molar-refractivity contribution in [2.24, 2.45) is 0 Å². The highest BCUT2D eigenvalue weighted by atomic mass is 16.5. The Morgan fingerprint density at radius 1 is 1.03 bits per heavy atom. The van der Waals surface area contributed by atoms with Gasteiger partial charge in [-0.15, -0.1) is 0 Å². The maximum atomic E-state index is 12.6. The molecule has 0 aliphatic carbocycles. The lowest BCUT2D eigenvalue weighted by molar-refractivity contribution is 0.0526. The van der Waals surface area contributed by atoms with Gasteiger partial charge in [0, 0.05) is 11.6 Å². The lowest BCUT2D eigenvalue weighted by atomic mass is 10.1. The van der Waals surface area contributed by atoms with Crippen molar-refractivity contribution in [3.8, 4) is 5.75 Å². The maximum Gasteiger partial charge on any atom is 0.341 e. The van der Waals surface area contributed by atoms with Gasteiger partial charge in [0.2, 0.25) is 0 Å². The molecular weight excluding hydrogens is 372 g/mol. The van der Waals surface area contributed by atoms with Crippen LogP contribution in [0.25, 0.3) is 10.9 Å². The minimum atomic E-state index is -0.512. The Bertz CT molecular complexity index is 1050. The molecule has 0 saturated heterocycles. The quantitative estimate of drug-likeness (QED) is 0.597. The number of nitrogens with zero attached hydrogens (tertiary/aromatic N) is 1. The van der Waals surface area contributed by atoms with Gasteiger partial charge >= 0.3 is 11.9 Å². The van der Waals surface area contributed by atoms with E-state index in [4.69, 9.17) is 14.2 Å². The van der Waals surface area contributed by atoms with Gasteiger partial charge in [0.1, 0.15) is 11.3 Å². The van der Waals surface area contributed by atoms with Crippen LogP contribution in [0.15, 0.2) is 48.7 Å². The summed E-state index contributed by atoms with van der Waals surface area (Å²) in [6.07, 6.45) is 1.46. The van der Waals surface area contributed by atoms with Gasteiger partial charge in [0.25, 0.3) is 0 Å². The number of hydrogen-bond donors (Lipinski definition) is 1. The summed E-state index contributed by atoms with van der Waals surface area (Å²) in [6.45, 7) is 4.35. The number of carbonyl (C=O) groups is 2. The second-order valence-corrected chi connectivity index (χ2v) is 6.05. The zero-order valence-electron chi connectivity index (χ0n) is 16.5. The standard InChI is InChI=1S/C22H22N2O5/c1-4-28-19-9-7-6-8-18(19)24-20-15-12-14(21(25)27-3)10-11-17(15)23-13-16(20)22(26)29-5-2/h6-13H,4-5H2,1-3H3,(H,23,24). The number of ether oxygens (including phenoxy) is 3. The SMILES string of the molecule is CCOC(=O)c1cnc2ccc(C(=O)OC)cc2c1Nc1ccccc1OCC. The molecule has 7 heteroatoms. The molecule has 150 valence electrons. The molecule has 0 radical (unpaired) electrons. The first-order valence-corrected chi connectivity index (χ1v) is 9.26. The number of hydrogen-bond acceptors (Lipinski definition) is 7. The number of nitrogens with one attached hydrogen (secondary N) is 1. The van der Waals surface area contributed by atoms with Crippen molar-refractivity contribution < 1.29 is 23.8 Å². The van der Waals surface area contributed by atoms with E-state index in [-0.39, 0.29) is 12.2 Å². The summed E-state index contributed by atoms with van der Waals surface area (Å²) in [7, 11) is 1.32. The molecule has 0 aliphatic heterocycles. The van der Waals surface area contributed by atoms with E-state index in [0.29, 0.717) is 40.2 Å². The summed E-state index contributed by atoms with van der Waals surface area (Å²) < 4.78 is 15.7. The van der Waals surface area contributed by atoms with E-state index in [9.17, 15) is 9.59 Å². The van der Waals surface area contributed by atoms with Crippen LogP contribution in [-0.4, -0.2) is 37.2 Å². The summed E-state index contributed by atoms with van der Waals surface area (Å²) >= 11 is 0. The first kappa shape index (κ1) is 20.1. The Balaban J connectivity index is 2.21. The highest BCUT2D eigenvalue weighted by Gasteiger charge is 2.19. The van der Waals surface area contributed by atoms with Crippen molar-refractivity contribution in [2.75, 3.05) is 25.6 Å². The third kappa shape index (κ3) is 4.29. The van der Waals surface area contributed by atoms with Crippen LogP contribution in [-0.2, 0) is 9.47 Å². The minimum Gasteiger partial charge on any atom is -0.492 e. The molecule has 3 rings (SSSR count). The maximum absolute atomic E-state index is 12.6. The van der Waals surface area contributed by atoms with Crippen LogP contribution in [0.4, 0.5) is 11.4 Å². The van der Waals surface area contributed by atoms with Crippen LogP contribution < -0.4 is 10.1 Å². The predicted octanol–water partition coefficient (Wildman–Crippen LogP) is 4.34. The lowest BCUT2D eigenvalue weighted by Gasteiger charge is -2.17. The third-order valence-corrected chi connectivity index (χ3v) is 4.23. The van der Waals surface area contributed by atoms with E-state index in [1.165, 1.54) is 13.3 Å². The number of esters is 2. The van der Waals surface area contributed by atoms with E-state index < -0.39 is 11.9 Å². The van der Waals surface area contributed by atoms with Gasteiger partial charge in [0.15, 0.2) is 0 Å². The van der Waals surface area contributed by atoms with Crippen molar-refractivity contribution in [1.82, 2.24) is 4.98 Å². The zero-order chi connectivity index (χ0) is 20.8. The highest BCUT2D eigenvalue weighted by molar-refractivity contribution is 6.08. The van der Waals surface area contributed by atoms with Crippen LogP contribution in [0, 0.1) is 0 Å². The van der Waals surface area contributed by atoms with Crippen LogP contribution in [0.3, 0.4) is 0 Å². The van der Waals surface area contributed by atoms with E-state index in [0.717, 1.165) is 0 Å². The Hall–Kier alpha value is -3.61. The van der Waals surface area contributed by atoms with Crippen molar-refractivity contribution >= 4 is 34.2 Å². The van der Waals surface area contributed by atoms with E-state index in [2.05, 4.69) is 10.3 Å². The molecular formula is C22H22N2O5. The molecule has 1 heterocycles. The lowest BCUT2D eigenvalue weighted by Crippen LogP contribution is -2.10. The molecule has 3 aromatic rings. The average Bonchev–Trinajstić information content (AvgIpc) is 2.74. The summed E-state index contributed by atoms with van der Waals surface area (Å²) in [4.78, 5) is 28.9. The Kier molecular flexibility index (Phi) is 6.29. The first-order chi connectivity index (χ1) is 14.1. The number of methoxy groups -OCH3 is 1. The summed E-state index contributed by atoms with van der Waals surface area (Å²) in [5, 5.41) is 3.86. The number of benzene rings is 2. The summed E-state index contributed by atoms with van der Waals surface area (Å²) in [5.74, 6) is -0.352. The molecule has 0 spiro atoms. The smallest absolute Gasteiger partial charge is 0.341 e. The van der Waals surface area contributed by atoms with E-state index >= 15 is 0 Å². The van der Waals surface area contributed by atoms with Gasteiger partial charge in [-0.1, -0.05) is 12.1 Å². The molecule has 0 amide bonds. The van der Waals surface area contributed by atoms with Crippen molar-refractivity contribution in [1.29, 1.82) is 0 Å². The fourth-order valence-electron chi connectivity index (χ4n) is 2.92. The Morgan fingerprint density at radius 3 is 2.55 bits per heavy atom. The van der Waals surface area contributed by atoms with Crippen LogP contribution in [0.2, 0.25) is 0 Å². The van der Waals surface area contributed by atoms with Crippen LogP contribution in [0.1, 0.15) is 34.6 Å². The molecule has 1 aromatic heterocycles. The van der Waals surface area contributed by atoms with Gasteiger partial charge in [-0.3, -0.25) is 4.98 Å². The van der Waals surface area contributed by atoms with Gasteiger partial charge in [0.05, 0.1) is 42.8 Å². The van der Waals surface area contributed by atoms with Gasteiger partial charge in [-0.2, -0.15) is 0 Å². The predicted molar refractivity (Wildman–Crippen MR) is 110 cm³/mol. The molecule has 2 aromatic carbocycles. The molecule has 0 atom stereocenters. The molecule has 0 aliphatic rings. The minimum absolute atomic E-state index is 0.230. The number of rotatable bonds is 7. The van der Waals surface area contributed by atoms with Crippen LogP contribution >= 0.6 is 0 Å². The molecule has 0 fully saturated rings. The molecule has 0 unspecified atom stereocenters. The number of pyridine rings is 1. The first-order valence-electron chi connectivity index (χ1n) is 9.26.